The van der Waals surface area contributed by atoms with E-state index >= 15 is 0 Å². The number of fused-ring (bicyclic) bond motifs is 1. The summed E-state index contributed by atoms with van der Waals surface area (Å²) in [6.45, 7) is 6.92. The van der Waals surface area contributed by atoms with Crippen molar-refractivity contribution in [3.8, 4) is 5.88 Å². The molecule has 2 heterocycles. The molecule has 0 aliphatic carbocycles. The molecule has 1 fully saturated rings. The van der Waals surface area contributed by atoms with Crippen molar-refractivity contribution in [1.29, 1.82) is 0 Å². The van der Waals surface area contributed by atoms with Crippen LogP contribution in [0.3, 0.4) is 0 Å². The van der Waals surface area contributed by atoms with Gasteiger partial charge in [-0.2, -0.15) is 10.2 Å². The molecule has 0 unspecified atom stereocenters. The number of aliphatic hydroxyl groups is 1. The van der Waals surface area contributed by atoms with Crippen molar-refractivity contribution in [1.82, 2.24) is 4.98 Å². The van der Waals surface area contributed by atoms with Crippen LogP contribution in [0.5, 0.6) is 5.88 Å². The van der Waals surface area contributed by atoms with Crippen molar-refractivity contribution < 1.29 is 14.6 Å². The summed E-state index contributed by atoms with van der Waals surface area (Å²) >= 11 is 0. The van der Waals surface area contributed by atoms with Gasteiger partial charge in [-0.05, 0) is 42.8 Å². The monoisotopic (exact) mass is 420 g/mol. The van der Waals surface area contributed by atoms with Gasteiger partial charge in [-0.1, -0.05) is 30.3 Å². The normalized spacial score (nSPS) is 15.0. The molecule has 1 aliphatic rings. The second kappa shape index (κ2) is 9.41. The molecule has 0 radical (unpaired) electrons. The number of morpholine rings is 1. The van der Waals surface area contributed by atoms with Gasteiger partial charge in [0.2, 0.25) is 5.88 Å². The lowest BCUT2D eigenvalue weighted by Gasteiger charge is -2.29. The first kappa shape index (κ1) is 21.2. The van der Waals surface area contributed by atoms with E-state index in [0.717, 1.165) is 35.5 Å². The van der Waals surface area contributed by atoms with Gasteiger partial charge in [0.05, 0.1) is 30.2 Å². The Morgan fingerprint density at radius 1 is 1.06 bits per heavy atom. The lowest BCUT2D eigenvalue weighted by atomic mass is 10.1. The lowest BCUT2D eigenvalue weighted by molar-refractivity contribution is 0.0268. The van der Waals surface area contributed by atoms with Gasteiger partial charge >= 0.3 is 0 Å². The molecule has 3 aromatic rings. The number of hydrogen-bond donors (Lipinski definition) is 1. The van der Waals surface area contributed by atoms with E-state index in [0.29, 0.717) is 25.6 Å². The first-order valence-corrected chi connectivity index (χ1v) is 10.5. The first-order chi connectivity index (χ1) is 15.0. The summed E-state index contributed by atoms with van der Waals surface area (Å²) in [5.41, 5.74) is 1.65. The number of hydrogen-bond acceptors (Lipinski definition) is 7. The number of nitrogens with zero attached hydrogens (tertiary/aromatic N) is 4. The highest BCUT2D eigenvalue weighted by Crippen LogP contribution is 2.25. The summed E-state index contributed by atoms with van der Waals surface area (Å²) in [5.74, 6) is 0.474. The predicted octanol–water partition coefficient (Wildman–Crippen LogP) is 4.51. The van der Waals surface area contributed by atoms with Crippen LogP contribution in [0, 0.1) is 0 Å². The summed E-state index contributed by atoms with van der Waals surface area (Å²) in [6, 6.07) is 18.1. The van der Waals surface area contributed by atoms with E-state index in [2.05, 4.69) is 32.2 Å². The average molecular weight is 421 g/mol. The van der Waals surface area contributed by atoms with Crippen LogP contribution in [0.15, 0.2) is 64.8 Å². The molecule has 1 aromatic heterocycles. The third kappa shape index (κ3) is 5.99. The number of ether oxygens (including phenoxy) is 2. The fourth-order valence-corrected chi connectivity index (χ4v) is 3.38. The Kier molecular flexibility index (Phi) is 6.44. The molecular formula is C24H28N4O3. The van der Waals surface area contributed by atoms with Crippen molar-refractivity contribution >= 4 is 22.1 Å². The van der Waals surface area contributed by atoms with Crippen LogP contribution in [-0.2, 0) is 11.3 Å². The van der Waals surface area contributed by atoms with E-state index in [4.69, 9.17) is 9.47 Å². The van der Waals surface area contributed by atoms with E-state index in [1.165, 1.54) is 5.39 Å². The number of benzene rings is 2. The van der Waals surface area contributed by atoms with Crippen LogP contribution < -0.4 is 9.64 Å². The van der Waals surface area contributed by atoms with Gasteiger partial charge in [-0.15, -0.1) is 0 Å². The van der Waals surface area contributed by atoms with E-state index in [1.54, 1.807) is 13.8 Å². The van der Waals surface area contributed by atoms with Crippen LogP contribution in [0.25, 0.3) is 10.8 Å². The Morgan fingerprint density at radius 3 is 2.61 bits per heavy atom. The molecule has 31 heavy (non-hydrogen) atoms. The quantitative estimate of drug-likeness (QED) is 0.569. The smallest absolute Gasteiger partial charge is 0.215 e. The molecular weight excluding hydrogens is 392 g/mol. The van der Waals surface area contributed by atoms with Crippen LogP contribution in [-0.4, -0.2) is 48.6 Å². The van der Waals surface area contributed by atoms with Crippen molar-refractivity contribution in [3.05, 3.63) is 60.3 Å². The van der Waals surface area contributed by atoms with E-state index < -0.39 is 5.60 Å². The van der Waals surface area contributed by atoms with Gasteiger partial charge in [-0.25, -0.2) is 4.98 Å². The lowest BCUT2D eigenvalue weighted by Crippen LogP contribution is -2.36. The van der Waals surface area contributed by atoms with Crippen molar-refractivity contribution in [2.75, 3.05) is 37.8 Å². The Hall–Kier alpha value is -3.03. The largest absolute Gasteiger partial charge is 0.475 e. The third-order valence-corrected chi connectivity index (χ3v) is 4.94. The van der Waals surface area contributed by atoms with Crippen LogP contribution in [0.2, 0.25) is 0 Å². The topological polar surface area (TPSA) is 79.5 Å². The third-order valence-electron chi connectivity index (χ3n) is 4.94. The molecule has 7 heteroatoms. The molecule has 162 valence electrons. The van der Waals surface area contributed by atoms with Gasteiger partial charge < -0.3 is 19.5 Å². The maximum atomic E-state index is 10.00. The molecule has 4 rings (SSSR count). The maximum Gasteiger partial charge on any atom is 0.215 e. The van der Waals surface area contributed by atoms with Gasteiger partial charge in [0.1, 0.15) is 13.2 Å². The Bertz CT molecular complexity index is 1060. The summed E-state index contributed by atoms with van der Waals surface area (Å²) in [6.07, 6.45) is 0. The minimum absolute atomic E-state index is 0.157. The highest BCUT2D eigenvalue weighted by molar-refractivity contribution is 5.85. The molecule has 2 aromatic carbocycles. The molecule has 1 N–H and O–H groups in total. The molecule has 0 bridgehead atoms. The summed E-state index contributed by atoms with van der Waals surface area (Å²) in [4.78, 5) is 6.81. The van der Waals surface area contributed by atoms with Gasteiger partial charge in [0.25, 0.3) is 0 Å². The van der Waals surface area contributed by atoms with Gasteiger partial charge in [-0.3, -0.25) is 0 Å². The molecule has 1 saturated heterocycles. The van der Waals surface area contributed by atoms with Crippen LogP contribution in [0.4, 0.5) is 11.4 Å². The predicted molar refractivity (Wildman–Crippen MR) is 121 cm³/mol. The standard InChI is InChI=1S/C24H28N4O3/c1-24(2,29)17-31-23-15-22(28-9-11-30-12-10-28)14-21(26-23)16-25-27-20-8-7-18-5-3-4-6-19(18)13-20/h3-8,13-15,29H,9-12,16-17H2,1-2H3. The highest BCUT2D eigenvalue weighted by atomic mass is 16.5. The molecule has 0 spiro atoms. The maximum absolute atomic E-state index is 10.00. The number of rotatable bonds is 7. The minimum atomic E-state index is -0.938. The zero-order chi connectivity index (χ0) is 21.7. The van der Waals surface area contributed by atoms with Crippen molar-refractivity contribution in [2.45, 2.75) is 26.0 Å². The van der Waals surface area contributed by atoms with Gasteiger partial charge in [0, 0.05) is 24.8 Å². The second-order valence-electron chi connectivity index (χ2n) is 8.29. The second-order valence-corrected chi connectivity index (χ2v) is 8.29. The summed E-state index contributed by atoms with van der Waals surface area (Å²) in [5, 5.41) is 21.1. The fraction of sp³-hybridized carbons (Fsp3) is 0.375. The number of aromatic nitrogens is 1. The number of pyridine rings is 1. The van der Waals surface area contributed by atoms with Crippen LogP contribution >= 0.6 is 0 Å². The Labute approximate surface area is 182 Å². The van der Waals surface area contributed by atoms with Crippen molar-refractivity contribution in [2.24, 2.45) is 10.2 Å². The highest BCUT2D eigenvalue weighted by Gasteiger charge is 2.17. The summed E-state index contributed by atoms with van der Waals surface area (Å²) < 4.78 is 11.2. The van der Waals surface area contributed by atoms with E-state index in [9.17, 15) is 5.11 Å². The van der Waals surface area contributed by atoms with Crippen LogP contribution in [0.1, 0.15) is 19.5 Å². The average Bonchev–Trinajstić information content (AvgIpc) is 2.78. The molecule has 0 saturated carbocycles. The Morgan fingerprint density at radius 2 is 1.84 bits per heavy atom. The van der Waals surface area contributed by atoms with Crippen molar-refractivity contribution in [3.63, 3.8) is 0 Å². The van der Waals surface area contributed by atoms with E-state index in [1.807, 2.05) is 42.5 Å². The summed E-state index contributed by atoms with van der Waals surface area (Å²) in [7, 11) is 0. The minimum Gasteiger partial charge on any atom is -0.475 e. The number of anilines is 1. The van der Waals surface area contributed by atoms with E-state index in [-0.39, 0.29) is 6.61 Å². The Balaban J connectivity index is 1.52. The first-order valence-electron chi connectivity index (χ1n) is 10.5. The number of azo groups is 1. The fourth-order valence-electron chi connectivity index (χ4n) is 3.38. The molecule has 0 atom stereocenters. The zero-order valence-corrected chi connectivity index (χ0v) is 18.0. The SMILES string of the molecule is CC(C)(O)COc1cc(N2CCOCC2)cc(CN=Nc2ccc3ccccc3c2)n1. The van der Waals surface area contributed by atoms with Gasteiger partial charge in [0.15, 0.2) is 0 Å². The molecule has 1 aliphatic heterocycles. The zero-order valence-electron chi connectivity index (χ0n) is 18.0. The molecule has 0 amide bonds. The molecule has 7 nitrogen and oxygen atoms in total.